The fraction of sp³-hybridized carbons (Fsp3) is 0.391. The van der Waals surface area contributed by atoms with Crippen LogP contribution in [-0.2, 0) is 15.8 Å². The Hall–Kier alpha value is -2.48. The zero-order valence-electron chi connectivity index (χ0n) is 17.2. The Bertz CT molecular complexity index is 916. The third kappa shape index (κ3) is 6.03. The Kier molecular flexibility index (Phi) is 7.64. The van der Waals surface area contributed by atoms with Gasteiger partial charge in [-0.1, -0.05) is 38.3 Å². The van der Waals surface area contributed by atoms with Crippen LogP contribution in [0.1, 0.15) is 55.5 Å². The first-order valence-corrected chi connectivity index (χ1v) is 11.3. The van der Waals surface area contributed by atoms with Gasteiger partial charge in [0.05, 0.1) is 11.3 Å². The van der Waals surface area contributed by atoms with Crippen LogP contribution in [-0.4, -0.2) is 17.6 Å². The molecule has 1 heterocycles. The van der Waals surface area contributed by atoms with Crippen LogP contribution in [0.25, 0.3) is 0 Å². The van der Waals surface area contributed by atoms with E-state index in [0.29, 0.717) is 17.8 Å². The number of carbonyl (C=O) groups excluding carboxylic acids is 2. The third-order valence-electron chi connectivity index (χ3n) is 5.05. The van der Waals surface area contributed by atoms with Gasteiger partial charge < -0.3 is 5.32 Å². The van der Waals surface area contributed by atoms with E-state index in [1.165, 1.54) is 28.8 Å². The van der Waals surface area contributed by atoms with E-state index in [-0.39, 0.29) is 22.9 Å². The summed E-state index contributed by atoms with van der Waals surface area (Å²) < 4.78 is 38.6. The first-order valence-electron chi connectivity index (χ1n) is 10.3. The summed E-state index contributed by atoms with van der Waals surface area (Å²) in [5, 5.41) is 2.53. The number of alkyl halides is 3. The van der Waals surface area contributed by atoms with Crippen molar-refractivity contribution >= 4 is 35.0 Å². The quantitative estimate of drug-likeness (QED) is 0.474. The number of halogens is 3. The van der Waals surface area contributed by atoms with Gasteiger partial charge in [-0.2, -0.15) is 13.2 Å². The van der Waals surface area contributed by atoms with Gasteiger partial charge in [0.25, 0.3) is 0 Å². The standard InChI is InChI=1S/C23H25F3N2O2S/c1-2-3-4-5-9-20(29)27-18-8-6-7-16(14-18)22-28(21(30)15-31-22)19-12-10-17(11-13-19)23(24,25)26/h6-8,10-14,22H,2-5,9,15H2,1H3,(H,27,29)/t22-/m0/s1. The Labute approximate surface area is 184 Å². The van der Waals surface area contributed by atoms with Gasteiger partial charge in [-0.3, -0.25) is 14.5 Å². The fourth-order valence-electron chi connectivity index (χ4n) is 3.47. The van der Waals surface area contributed by atoms with E-state index in [2.05, 4.69) is 12.2 Å². The van der Waals surface area contributed by atoms with E-state index in [9.17, 15) is 22.8 Å². The number of hydrogen-bond donors (Lipinski definition) is 1. The predicted octanol–water partition coefficient (Wildman–Crippen LogP) is 6.39. The molecule has 4 nitrogen and oxygen atoms in total. The topological polar surface area (TPSA) is 49.4 Å². The lowest BCUT2D eigenvalue weighted by atomic mass is 10.1. The van der Waals surface area contributed by atoms with E-state index >= 15 is 0 Å². The molecule has 1 saturated heterocycles. The van der Waals surface area contributed by atoms with Gasteiger partial charge >= 0.3 is 6.18 Å². The number of unbranched alkanes of at least 4 members (excludes halogenated alkanes) is 3. The Morgan fingerprint density at radius 3 is 2.55 bits per heavy atom. The second kappa shape index (κ2) is 10.2. The summed E-state index contributed by atoms with van der Waals surface area (Å²) in [4.78, 5) is 26.2. The number of nitrogens with zero attached hydrogens (tertiary/aromatic N) is 1. The van der Waals surface area contributed by atoms with E-state index < -0.39 is 11.7 Å². The second-order valence-corrected chi connectivity index (χ2v) is 8.52. The fourth-order valence-corrected chi connectivity index (χ4v) is 4.63. The summed E-state index contributed by atoms with van der Waals surface area (Å²) in [6.07, 6.45) is 0.108. The van der Waals surface area contributed by atoms with Crippen LogP contribution in [0.3, 0.4) is 0 Å². The van der Waals surface area contributed by atoms with Crippen LogP contribution in [0.4, 0.5) is 24.5 Å². The molecule has 8 heteroatoms. The molecule has 3 rings (SSSR count). The van der Waals surface area contributed by atoms with Crippen molar-refractivity contribution in [2.75, 3.05) is 16.0 Å². The molecular weight excluding hydrogens is 425 g/mol. The molecule has 0 spiro atoms. The number of hydrogen-bond acceptors (Lipinski definition) is 3. The normalized spacial score (nSPS) is 16.6. The first kappa shape index (κ1) is 23.2. The van der Waals surface area contributed by atoms with Gasteiger partial charge in [-0.25, -0.2) is 0 Å². The maximum absolute atomic E-state index is 12.9. The number of thioether (sulfide) groups is 1. The molecular formula is C23H25F3N2O2S. The number of rotatable bonds is 8. The lowest BCUT2D eigenvalue weighted by molar-refractivity contribution is -0.137. The molecule has 0 saturated carbocycles. The molecule has 166 valence electrons. The molecule has 1 aliphatic heterocycles. The van der Waals surface area contributed by atoms with E-state index in [1.54, 1.807) is 12.1 Å². The second-order valence-electron chi connectivity index (χ2n) is 7.46. The maximum atomic E-state index is 12.9. The van der Waals surface area contributed by atoms with Crippen molar-refractivity contribution in [1.82, 2.24) is 0 Å². The maximum Gasteiger partial charge on any atom is 0.416 e. The lowest BCUT2D eigenvalue weighted by Crippen LogP contribution is -2.28. The highest BCUT2D eigenvalue weighted by Crippen LogP contribution is 2.43. The molecule has 2 amide bonds. The molecule has 31 heavy (non-hydrogen) atoms. The van der Waals surface area contributed by atoms with Crippen molar-refractivity contribution < 1.29 is 22.8 Å². The van der Waals surface area contributed by atoms with Gasteiger partial charge in [0.2, 0.25) is 11.8 Å². The largest absolute Gasteiger partial charge is 0.416 e. The molecule has 1 fully saturated rings. The van der Waals surface area contributed by atoms with Crippen molar-refractivity contribution in [2.45, 2.75) is 50.6 Å². The molecule has 0 unspecified atom stereocenters. The molecule has 1 aliphatic rings. The zero-order chi connectivity index (χ0) is 22.4. The van der Waals surface area contributed by atoms with Crippen LogP contribution in [0.15, 0.2) is 48.5 Å². The SMILES string of the molecule is CCCCCCC(=O)Nc1cccc([C@@H]2SCC(=O)N2c2ccc(C(F)(F)F)cc2)c1. The lowest BCUT2D eigenvalue weighted by Gasteiger charge is -2.25. The average molecular weight is 451 g/mol. The number of benzene rings is 2. The van der Waals surface area contributed by atoms with E-state index in [1.807, 2.05) is 12.1 Å². The molecule has 0 radical (unpaired) electrons. The molecule has 2 aromatic rings. The summed E-state index contributed by atoms with van der Waals surface area (Å²) in [7, 11) is 0. The van der Waals surface area contributed by atoms with Crippen molar-refractivity contribution in [3.8, 4) is 0 Å². The summed E-state index contributed by atoms with van der Waals surface area (Å²) in [6, 6.07) is 11.9. The first-order chi connectivity index (χ1) is 14.8. The van der Waals surface area contributed by atoms with Crippen LogP contribution in [0.5, 0.6) is 0 Å². The number of nitrogens with one attached hydrogen (secondary N) is 1. The smallest absolute Gasteiger partial charge is 0.326 e. The van der Waals surface area contributed by atoms with Gasteiger partial charge in [-0.05, 0) is 48.4 Å². The molecule has 0 aliphatic carbocycles. The van der Waals surface area contributed by atoms with Gasteiger partial charge in [0.15, 0.2) is 0 Å². The highest BCUT2D eigenvalue weighted by molar-refractivity contribution is 8.00. The Balaban J connectivity index is 1.73. The predicted molar refractivity (Wildman–Crippen MR) is 118 cm³/mol. The summed E-state index contributed by atoms with van der Waals surface area (Å²) in [6.45, 7) is 2.12. The van der Waals surface area contributed by atoms with E-state index in [4.69, 9.17) is 0 Å². The van der Waals surface area contributed by atoms with Crippen molar-refractivity contribution in [3.05, 3.63) is 59.7 Å². The summed E-state index contributed by atoms with van der Waals surface area (Å²) in [5.41, 5.74) is 1.11. The molecule has 1 N–H and O–H groups in total. The summed E-state index contributed by atoms with van der Waals surface area (Å²) in [5.74, 6) is 0.0165. The number of anilines is 2. The monoisotopic (exact) mass is 450 g/mol. The van der Waals surface area contributed by atoms with Crippen LogP contribution < -0.4 is 10.2 Å². The van der Waals surface area contributed by atoms with E-state index in [0.717, 1.165) is 43.4 Å². The van der Waals surface area contributed by atoms with Crippen molar-refractivity contribution in [2.24, 2.45) is 0 Å². The van der Waals surface area contributed by atoms with Gasteiger partial charge in [-0.15, -0.1) is 11.8 Å². The minimum Gasteiger partial charge on any atom is -0.326 e. The molecule has 0 aromatic heterocycles. The van der Waals surface area contributed by atoms with Gasteiger partial charge in [0, 0.05) is 17.8 Å². The van der Waals surface area contributed by atoms with Gasteiger partial charge in [0.1, 0.15) is 5.37 Å². The molecule has 1 atom stereocenters. The van der Waals surface area contributed by atoms with Crippen LogP contribution in [0.2, 0.25) is 0 Å². The van der Waals surface area contributed by atoms with Crippen molar-refractivity contribution in [1.29, 1.82) is 0 Å². The number of carbonyl (C=O) groups is 2. The minimum absolute atomic E-state index is 0.0528. The molecule has 2 aromatic carbocycles. The highest BCUT2D eigenvalue weighted by Gasteiger charge is 2.35. The highest BCUT2D eigenvalue weighted by atomic mass is 32.2. The third-order valence-corrected chi connectivity index (χ3v) is 6.27. The zero-order valence-corrected chi connectivity index (χ0v) is 18.1. The Morgan fingerprint density at radius 2 is 1.87 bits per heavy atom. The molecule has 0 bridgehead atoms. The van der Waals surface area contributed by atoms with Crippen LogP contribution >= 0.6 is 11.8 Å². The van der Waals surface area contributed by atoms with Crippen molar-refractivity contribution in [3.63, 3.8) is 0 Å². The van der Waals surface area contributed by atoms with Crippen LogP contribution in [0, 0.1) is 0 Å². The summed E-state index contributed by atoms with van der Waals surface area (Å²) >= 11 is 1.40. The Morgan fingerprint density at radius 1 is 1.13 bits per heavy atom. The number of amides is 2. The minimum atomic E-state index is -4.43. The average Bonchev–Trinajstić information content (AvgIpc) is 3.12.